The highest BCUT2D eigenvalue weighted by molar-refractivity contribution is 8.18. The third-order valence-corrected chi connectivity index (χ3v) is 4.86. The number of para-hydroxylation sites is 1. The Hall–Kier alpha value is -2.44. The summed E-state index contributed by atoms with van der Waals surface area (Å²) in [6.07, 6.45) is 1.50. The maximum absolute atomic E-state index is 12.6. The summed E-state index contributed by atoms with van der Waals surface area (Å²) in [5, 5.41) is 10.4. The zero-order valence-electron chi connectivity index (χ0n) is 13.9. The standard InChI is InChI=1S/C19H16ClNO4S/c1-2-25-15-8-4-6-13(17(15)22)10-16-18(23)21(19(24)26-16)11-12-5-3-7-14(20)9-12/h3-10,22H,2,11H2,1H3/b16-10-. The summed E-state index contributed by atoms with van der Waals surface area (Å²) in [6.45, 7) is 2.37. The summed E-state index contributed by atoms with van der Waals surface area (Å²) in [5.41, 5.74) is 1.19. The van der Waals surface area contributed by atoms with Crippen molar-refractivity contribution in [2.24, 2.45) is 0 Å². The number of phenols is 1. The number of phenolic OH excluding ortho intramolecular Hbond substituents is 1. The van der Waals surface area contributed by atoms with Crippen molar-refractivity contribution in [1.29, 1.82) is 0 Å². The molecule has 1 N–H and O–H groups in total. The van der Waals surface area contributed by atoms with E-state index in [2.05, 4.69) is 0 Å². The molecule has 0 radical (unpaired) electrons. The maximum atomic E-state index is 12.6. The van der Waals surface area contributed by atoms with Crippen LogP contribution in [0.1, 0.15) is 18.1 Å². The van der Waals surface area contributed by atoms with Gasteiger partial charge in [0.15, 0.2) is 11.5 Å². The zero-order valence-corrected chi connectivity index (χ0v) is 15.5. The fourth-order valence-corrected chi connectivity index (χ4v) is 3.57. The third kappa shape index (κ3) is 3.86. The van der Waals surface area contributed by atoms with Crippen LogP contribution in [-0.4, -0.2) is 27.8 Å². The molecule has 3 rings (SSSR count). The van der Waals surface area contributed by atoms with E-state index in [0.717, 1.165) is 22.2 Å². The Balaban J connectivity index is 1.85. The molecular formula is C19H16ClNO4S. The van der Waals surface area contributed by atoms with Gasteiger partial charge < -0.3 is 9.84 Å². The van der Waals surface area contributed by atoms with Gasteiger partial charge in [0.1, 0.15) is 0 Å². The molecule has 0 atom stereocenters. The quantitative estimate of drug-likeness (QED) is 0.752. The van der Waals surface area contributed by atoms with Crippen molar-refractivity contribution in [3.63, 3.8) is 0 Å². The lowest BCUT2D eigenvalue weighted by atomic mass is 10.1. The summed E-state index contributed by atoms with van der Waals surface area (Å²) in [6, 6.07) is 12.0. The van der Waals surface area contributed by atoms with Crippen LogP contribution in [0.25, 0.3) is 6.08 Å². The van der Waals surface area contributed by atoms with E-state index in [4.69, 9.17) is 16.3 Å². The Morgan fingerprint density at radius 3 is 2.73 bits per heavy atom. The summed E-state index contributed by atoms with van der Waals surface area (Å²) in [5.74, 6) is -0.128. The molecular weight excluding hydrogens is 374 g/mol. The lowest BCUT2D eigenvalue weighted by Crippen LogP contribution is -2.27. The number of hydrogen-bond donors (Lipinski definition) is 1. The minimum Gasteiger partial charge on any atom is -0.504 e. The van der Waals surface area contributed by atoms with Gasteiger partial charge in [-0.25, -0.2) is 0 Å². The number of thioether (sulfide) groups is 1. The summed E-state index contributed by atoms with van der Waals surface area (Å²) in [4.78, 5) is 26.2. The molecule has 0 aromatic heterocycles. The van der Waals surface area contributed by atoms with Crippen LogP contribution in [0.2, 0.25) is 5.02 Å². The molecule has 2 amide bonds. The molecule has 0 aliphatic carbocycles. The van der Waals surface area contributed by atoms with Gasteiger partial charge in [-0.15, -0.1) is 0 Å². The van der Waals surface area contributed by atoms with E-state index in [0.29, 0.717) is 22.9 Å². The van der Waals surface area contributed by atoms with Crippen molar-refractivity contribution >= 4 is 40.6 Å². The first-order valence-electron chi connectivity index (χ1n) is 7.94. The molecule has 1 aliphatic heterocycles. The van der Waals surface area contributed by atoms with Crippen molar-refractivity contribution in [1.82, 2.24) is 4.90 Å². The molecule has 7 heteroatoms. The SMILES string of the molecule is CCOc1cccc(/C=C2\SC(=O)N(Cc3cccc(Cl)c3)C2=O)c1O. The first-order valence-corrected chi connectivity index (χ1v) is 9.13. The van der Waals surface area contributed by atoms with Gasteiger partial charge in [0.05, 0.1) is 18.1 Å². The number of nitrogens with zero attached hydrogens (tertiary/aromatic N) is 1. The molecule has 2 aromatic rings. The number of rotatable bonds is 5. The first kappa shape index (κ1) is 18.4. The number of benzene rings is 2. The van der Waals surface area contributed by atoms with E-state index in [1.54, 1.807) is 42.5 Å². The number of ether oxygens (including phenoxy) is 1. The van der Waals surface area contributed by atoms with E-state index in [-0.39, 0.29) is 22.4 Å². The molecule has 2 aromatic carbocycles. The Morgan fingerprint density at radius 2 is 2.00 bits per heavy atom. The predicted molar refractivity (Wildman–Crippen MR) is 102 cm³/mol. The van der Waals surface area contributed by atoms with E-state index >= 15 is 0 Å². The van der Waals surface area contributed by atoms with Gasteiger partial charge in [-0.2, -0.15) is 0 Å². The van der Waals surface area contributed by atoms with Crippen LogP contribution >= 0.6 is 23.4 Å². The molecule has 5 nitrogen and oxygen atoms in total. The van der Waals surface area contributed by atoms with Crippen LogP contribution in [0.15, 0.2) is 47.4 Å². The highest BCUT2D eigenvalue weighted by Crippen LogP contribution is 2.37. The van der Waals surface area contributed by atoms with Crippen molar-refractivity contribution in [3.8, 4) is 11.5 Å². The lowest BCUT2D eigenvalue weighted by Gasteiger charge is -2.12. The monoisotopic (exact) mass is 389 g/mol. The second-order valence-corrected chi connectivity index (χ2v) is 6.95. The number of carbonyl (C=O) groups is 2. The van der Waals surface area contributed by atoms with Crippen LogP contribution < -0.4 is 4.74 Å². The number of halogens is 1. The van der Waals surface area contributed by atoms with E-state index in [1.165, 1.54) is 6.08 Å². The van der Waals surface area contributed by atoms with E-state index in [9.17, 15) is 14.7 Å². The smallest absolute Gasteiger partial charge is 0.293 e. The van der Waals surface area contributed by atoms with Gasteiger partial charge in [0, 0.05) is 10.6 Å². The molecule has 1 fully saturated rings. The molecule has 0 saturated carbocycles. The summed E-state index contributed by atoms with van der Waals surface area (Å²) >= 11 is 6.79. The molecule has 134 valence electrons. The average Bonchev–Trinajstić information content (AvgIpc) is 2.86. The maximum Gasteiger partial charge on any atom is 0.293 e. The lowest BCUT2D eigenvalue weighted by molar-refractivity contribution is -0.123. The summed E-state index contributed by atoms with van der Waals surface area (Å²) < 4.78 is 5.34. The highest BCUT2D eigenvalue weighted by atomic mass is 35.5. The van der Waals surface area contributed by atoms with Crippen LogP contribution in [0.3, 0.4) is 0 Å². The minimum absolute atomic E-state index is 0.0593. The van der Waals surface area contributed by atoms with Gasteiger partial charge >= 0.3 is 0 Å². The van der Waals surface area contributed by atoms with Gasteiger partial charge in [0.25, 0.3) is 11.1 Å². The van der Waals surface area contributed by atoms with Gasteiger partial charge in [-0.1, -0.05) is 35.9 Å². The largest absolute Gasteiger partial charge is 0.504 e. The van der Waals surface area contributed by atoms with Gasteiger partial charge in [-0.3, -0.25) is 14.5 Å². The molecule has 0 bridgehead atoms. The van der Waals surface area contributed by atoms with E-state index in [1.807, 2.05) is 6.92 Å². The second kappa shape index (κ2) is 7.85. The fourth-order valence-electron chi connectivity index (χ4n) is 2.52. The molecule has 1 saturated heterocycles. The molecule has 1 aliphatic rings. The Kier molecular flexibility index (Phi) is 5.54. The summed E-state index contributed by atoms with van der Waals surface area (Å²) in [7, 11) is 0. The number of hydrogen-bond acceptors (Lipinski definition) is 5. The number of aromatic hydroxyl groups is 1. The van der Waals surface area contributed by atoms with Crippen molar-refractivity contribution < 1.29 is 19.4 Å². The average molecular weight is 390 g/mol. The predicted octanol–water partition coefficient (Wildman–Crippen LogP) is 4.68. The normalized spacial score (nSPS) is 15.8. The van der Waals surface area contributed by atoms with Gasteiger partial charge in [0.2, 0.25) is 0 Å². The van der Waals surface area contributed by atoms with Crippen LogP contribution in [0.5, 0.6) is 11.5 Å². The van der Waals surface area contributed by atoms with Crippen molar-refractivity contribution in [3.05, 3.63) is 63.5 Å². The van der Waals surface area contributed by atoms with Gasteiger partial charge in [-0.05, 0) is 48.5 Å². The fraction of sp³-hybridized carbons (Fsp3) is 0.158. The molecule has 0 spiro atoms. The Bertz CT molecular complexity index is 897. The topological polar surface area (TPSA) is 66.8 Å². The third-order valence-electron chi connectivity index (χ3n) is 3.72. The Labute approximate surface area is 160 Å². The molecule has 1 heterocycles. The number of amides is 2. The van der Waals surface area contributed by atoms with Crippen LogP contribution in [0, 0.1) is 0 Å². The minimum atomic E-state index is -0.402. The van der Waals surface area contributed by atoms with Crippen molar-refractivity contribution in [2.75, 3.05) is 6.61 Å². The Morgan fingerprint density at radius 1 is 1.23 bits per heavy atom. The first-order chi connectivity index (χ1) is 12.5. The second-order valence-electron chi connectivity index (χ2n) is 5.52. The zero-order chi connectivity index (χ0) is 18.7. The molecule has 26 heavy (non-hydrogen) atoms. The van der Waals surface area contributed by atoms with E-state index < -0.39 is 5.91 Å². The van der Waals surface area contributed by atoms with Crippen molar-refractivity contribution in [2.45, 2.75) is 13.5 Å². The molecule has 0 unspecified atom stereocenters. The highest BCUT2D eigenvalue weighted by Gasteiger charge is 2.35. The number of imide groups is 1. The van der Waals surface area contributed by atoms with Crippen LogP contribution in [0.4, 0.5) is 4.79 Å². The van der Waals surface area contributed by atoms with Crippen LogP contribution in [-0.2, 0) is 11.3 Å². The number of carbonyl (C=O) groups excluding carboxylic acids is 2.